The minimum absolute atomic E-state index is 0.0778. The number of benzene rings is 1. The molecule has 2 N–H and O–H groups in total. The van der Waals surface area contributed by atoms with Crippen molar-refractivity contribution in [2.75, 3.05) is 11.9 Å². The summed E-state index contributed by atoms with van der Waals surface area (Å²) >= 11 is 0. The lowest BCUT2D eigenvalue weighted by Crippen LogP contribution is -2.04. The van der Waals surface area contributed by atoms with Crippen LogP contribution >= 0.6 is 0 Å². The van der Waals surface area contributed by atoms with Crippen LogP contribution in [0.3, 0.4) is 0 Å². The van der Waals surface area contributed by atoms with Gasteiger partial charge in [-0.15, -0.1) is 0 Å². The van der Waals surface area contributed by atoms with Crippen molar-refractivity contribution >= 4 is 11.4 Å². The lowest BCUT2D eigenvalue weighted by Gasteiger charge is -2.07. The second-order valence-corrected chi connectivity index (χ2v) is 4.65. The number of nitrogens with zero attached hydrogens (tertiary/aromatic N) is 1. The van der Waals surface area contributed by atoms with Gasteiger partial charge in [-0.25, -0.2) is 0 Å². The summed E-state index contributed by atoms with van der Waals surface area (Å²) in [5, 5.41) is 23.1. The van der Waals surface area contributed by atoms with Crippen LogP contribution in [-0.4, -0.2) is 16.6 Å². The Morgan fingerprint density at radius 2 is 1.89 bits per heavy atom. The van der Waals surface area contributed by atoms with E-state index in [1.807, 2.05) is 0 Å². The van der Waals surface area contributed by atoms with Crippen molar-refractivity contribution in [3.05, 3.63) is 28.3 Å². The standard InChI is InChI=1S/C14H22N2O3/c1-2-3-4-5-6-7-10-15-13-9-8-12(17)11-14(13)16(18)19/h8-9,11,15,17H,2-7,10H2,1H3. The van der Waals surface area contributed by atoms with Crippen molar-refractivity contribution in [3.63, 3.8) is 0 Å². The first kappa shape index (κ1) is 15.3. The van der Waals surface area contributed by atoms with Crippen LogP contribution < -0.4 is 5.32 Å². The van der Waals surface area contributed by atoms with Gasteiger partial charge in [0.05, 0.1) is 11.0 Å². The van der Waals surface area contributed by atoms with E-state index in [0.29, 0.717) is 5.69 Å². The van der Waals surface area contributed by atoms with Gasteiger partial charge in [-0.2, -0.15) is 0 Å². The summed E-state index contributed by atoms with van der Waals surface area (Å²) < 4.78 is 0. The van der Waals surface area contributed by atoms with E-state index in [1.165, 1.54) is 37.8 Å². The van der Waals surface area contributed by atoms with Crippen LogP contribution in [0.1, 0.15) is 45.4 Å². The third kappa shape index (κ3) is 5.59. The molecule has 0 unspecified atom stereocenters. The Balaban J connectivity index is 2.35. The Kier molecular flexibility index (Phi) is 6.71. The lowest BCUT2D eigenvalue weighted by molar-refractivity contribution is -0.384. The van der Waals surface area contributed by atoms with Gasteiger partial charge in [0.2, 0.25) is 0 Å². The maximum absolute atomic E-state index is 10.8. The Morgan fingerprint density at radius 3 is 2.58 bits per heavy atom. The molecule has 0 saturated heterocycles. The fourth-order valence-electron chi connectivity index (χ4n) is 1.95. The number of hydrogen-bond acceptors (Lipinski definition) is 4. The van der Waals surface area contributed by atoms with Gasteiger partial charge in [0.25, 0.3) is 5.69 Å². The molecule has 0 fully saturated rings. The molecule has 1 aromatic carbocycles. The molecule has 0 spiro atoms. The molecule has 0 saturated carbocycles. The molecule has 5 heteroatoms. The smallest absolute Gasteiger partial charge is 0.296 e. The molecule has 19 heavy (non-hydrogen) atoms. The van der Waals surface area contributed by atoms with E-state index in [-0.39, 0.29) is 11.4 Å². The van der Waals surface area contributed by atoms with Crippen molar-refractivity contribution in [1.29, 1.82) is 0 Å². The van der Waals surface area contributed by atoms with Crippen molar-refractivity contribution in [2.45, 2.75) is 45.4 Å². The molecule has 0 aliphatic rings. The first-order valence-electron chi connectivity index (χ1n) is 6.86. The summed E-state index contributed by atoms with van der Waals surface area (Å²) in [5.41, 5.74) is 0.391. The Bertz CT molecular complexity index is 408. The molecular weight excluding hydrogens is 244 g/mol. The summed E-state index contributed by atoms with van der Waals surface area (Å²) in [7, 11) is 0. The van der Waals surface area contributed by atoms with Crippen LogP contribution in [0.25, 0.3) is 0 Å². The maximum Gasteiger partial charge on any atom is 0.296 e. The van der Waals surface area contributed by atoms with Crippen molar-refractivity contribution < 1.29 is 10.0 Å². The largest absolute Gasteiger partial charge is 0.508 e. The number of phenols is 1. The first-order chi connectivity index (χ1) is 9.15. The molecule has 0 heterocycles. The summed E-state index contributed by atoms with van der Waals surface area (Å²) in [6.45, 7) is 2.91. The minimum Gasteiger partial charge on any atom is -0.508 e. The second kappa shape index (κ2) is 8.34. The lowest BCUT2D eigenvalue weighted by atomic mass is 10.1. The highest BCUT2D eigenvalue weighted by atomic mass is 16.6. The van der Waals surface area contributed by atoms with Gasteiger partial charge in [0.15, 0.2) is 0 Å². The van der Waals surface area contributed by atoms with E-state index in [1.54, 1.807) is 6.07 Å². The van der Waals surface area contributed by atoms with Crippen LogP contribution in [0.4, 0.5) is 11.4 Å². The van der Waals surface area contributed by atoms with Gasteiger partial charge in [0, 0.05) is 6.54 Å². The highest BCUT2D eigenvalue weighted by molar-refractivity contribution is 5.63. The Hall–Kier alpha value is -1.78. The highest BCUT2D eigenvalue weighted by Gasteiger charge is 2.13. The zero-order valence-electron chi connectivity index (χ0n) is 11.4. The third-order valence-electron chi connectivity index (χ3n) is 3.02. The van der Waals surface area contributed by atoms with Gasteiger partial charge in [-0.1, -0.05) is 39.0 Å². The minimum atomic E-state index is -0.483. The number of nitrogens with one attached hydrogen (secondary N) is 1. The second-order valence-electron chi connectivity index (χ2n) is 4.65. The average molecular weight is 266 g/mol. The number of hydrogen-bond donors (Lipinski definition) is 2. The molecule has 0 bridgehead atoms. The van der Waals surface area contributed by atoms with E-state index in [9.17, 15) is 15.2 Å². The van der Waals surface area contributed by atoms with Crippen LogP contribution in [0, 0.1) is 10.1 Å². The Morgan fingerprint density at radius 1 is 1.21 bits per heavy atom. The normalized spacial score (nSPS) is 10.4. The van der Waals surface area contributed by atoms with Gasteiger partial charge in [-0.05, 0) is 18.6 Å². The zero-order valence-corrected chi connectivity index (χ0v) is 11.4. The van der Waals surface area contributed by atoms with Gasteiger partial charge in [-0.3, -0.25) is 10.1 Å². The molecule has 0 aromatic heterocycles. The van der Waals surface area contributed by atoms with Gasteiger partial charge in [0.1, 0.15) is 11.4 Å². The van der Waals surface area contributed by atoms with Crippen molar-refractivity contribution in [2.24, 2.45) is 0 Å². The summed E-state index contributed by atoms with van der Waals surface area (Å²) in [4.78, 5) is 10.4. The molecule has 0 aliphatic heterocycles. The quantitative estimate of drug-likeness (QED) is 0.306. The van der Waals surface area contributed by atoms with Crippen LogP contribution in [0.2, 0.25) is 0 Å². The number of aromatic hydroxyl groups is 1. The predicted molar refractivity (Wildman–Crippen MR) is 76.6 cm³/mol. The third-order valence-corrected chi connectivity index (χ3v) is 3.02. The molecule has 1 rings (SSSR count). The predicted octanol–water partition coefficient (Wildman–Crippen LogP) is 4.07. The number of nitro benzene ring substituents is 1. The van der Waals surface area contributed by atoms with Crippen LogP contribution in [0.5, 0.6) is 5.75 Å². The summed E-state index contributed by atoms with van der Waals surface area (Å²) in [6.07, 6.45) is 7.12. The van der Waals surface area contributed by atoms with E-state index in [2.05, 4.69) is 12.2 Å². The van der Waals surface area contributed by atoms with Gasteiger partial charge >= 0.3 is 0 Å². The number of anilines is 1. The van der Waals surface area contributed by atoms with E-state index >= 15 is 0 Å². The highest BCUT2D eigenvalue weighted by Crippen LogP contribution is 2.28. The molecule has 5 nitrogen and oxygen atoms in total. The number of nitro groups is 1. The summed E-state index contributed by atoms with van der Waals surface area (Å²) in [6, 6.07) is 4.17. The van der Waals surface area contributed by atoms with E-state index in [4.69, 9.17) is 0 Å². The Labute approximate surface area is 113 Å². The molecule has 0 radical (unpaired) electrons. The number of unbranched alkanes of at least 4 members (excludes halogenated alkanes) is 5. The van der Waals surface area contributed by atoms with E-state index < -0.39 is 4.92 Å². The SMILES string of the molecule is CCCCCCCCNc1ccc(O)cc1[N+](=O)[O-]. The maximum atomic E-state index is 10.8. The van der Waals surface area contributed by atoms with Crippen LogP contribution in [-0.2, 0) is 0 Å². The number of rotatable bonds is 9. The monoisotopic (exact) mass is 266 g/mol. The zero-order chi connectivity index (χ0) is 14.1. The van der Waals surface area contributed by atoms with E-state index in [0.717, 1.165) is 19.4 Å². The van der Waals surface area contributed by atoms with Crippen LogP contribution in [0.15, 0.2) is 18.2 Å². The molecule has 106 valence electrons. The summed E-state index contributed by atoms with van der Waals surface area (Å²) in [5.74, 6) is -0.0863. The topological polar surface area (TPSA) is 75.4 Å². The molecular formula is C14H22N2O3. The molecule has 0 aliphatic carbocycles. The average Bonchev–Trinajstić information content (AvgIpc) is 2.39. The molecule has 1 aromatic rings. The molecule has 0 amide bonds. The molecule has 0 atom stereocenters. The fraction of sp³-hybridized carbons (Fsp3) is 0.571. The fourth-order valence-corrected chi connectivity index (χ4v) is 1.95. The first-order valence-corrected chi connectivity index (χ1v) is 6.86. The van der Waals surface area contributed by atoms with Crippen molar-refractivity contribution in [3.8, 4) is 5.75 Å². The number of phenolic OH excluding ortho intramolecular Hbond substituents is 1. The van der Waals surface area contributed by atoms with Crippen molar-refractivity contribution in [1.82, 2.24) is 0 Å². The van der Waals surface area contributed by atoms with Gasteiger partial charge < -0.3 is 10.4 Å².